The number of benzene rings is 1. The van der Waals surface area contributed by atoms with Gasteiger partial charge >= 0.3 is 0 Å². The molecule has 0 saturated carbocycles. The van der Waals surface area contributed by atoms with Crippen molar-refractivity contribution >= 4 is 41.5 Å². The van der Waals surface area contributed by atoms with Crippen molar-refractivity contribution in [2.75, 3.05) is 64.9 Å². The molecule has 1 amide bonds. The number of carbonyl (C=O) groups is 1. The van der Waals surface area contributed by atoms with Gasteiger partial charge in [0.2, 0.25) is 5.91 Å². The molecule has 166 valence electrons. The van der Waals surface area contributed by atoms with E-state index in [-0.39, 0.29) is 36.4 Å². The second-order valence-corrected chi connectivity index (χ2v) is 6.78. The first-order valence-corrected chi connectivity index (χ1v) is 10.1. The minimum atomic E-state index is -0.0228. The van der Waals surface area contributed by atoms with E-state index in [1.54, 1.807) is 19.0 Å². The van der Waals surface area contributed by atoms with Crippen molar-refractivity contribution in [1.29, 1.82) is 0 Å². The van der Waals surface area contributed by atoms with E-state index in [9.17, 15) is 4.79 Å². The number of rotatable bonds is 12. The molecule has 1 aromatic carbocycles. The summed E-state index contributed by atoms with van der Waals surface area (Å²) in [7, 11) is 3.48. The molecule has 0 bridgehead atoms. The summed E-state index contributed by atoms with van der Waals surface area (Å²) < 4.78 is 5.36. The van der Waals surface area contributed by atoms with Crippen LogP contribution in [-0.4, -0.2) is 76.8 Å². The molecule has 0 heterocycles. The number of hydrogen-bond acceptors (Lipinski definition) is 4. The molecule has 0 atom stereocenters. The summed E-state index contributed by atoms with van der Waals surface area (Å²) in [5, 5.41) is 6.62. The fourth-order valence-corrected chi connectivity index (χ4v) is 2.59. The van der Waals surface area contributed by atoms with Crippen LogP contribution in [0.1, 0.15) is 25.8 Å². The van der Waals surface area contributed by atoms with Gasteiger partial charge in [0, 0.05) is 59.2 Å². The Kier molecular flexibility index (Phi) is 15.4. The van der Waals surface area contributed by atoms with E-state index in [4.69, 9.17) is 4.74 Å². The standard InChI is InChI=1S/C21H37N5O2.HI/c1-6-26(19-11-8-10-18(3)16-19)14-13-23-21(22-12-9-15-28-7-2)24-17-20(27)25(4)5;/h8,10-11,16H,6-7,9,12-15,17H2,1-5H3,(H2,22,23,24);1H. The Hall–Kier alpha value is -1.55. The Bertz CT molecular complexity index is 610. The van der Waals surface area contributed by atoms with Gasteiger partial charge in [-0.2, -0.15) is 0 Å². The van der Waals surface area contributed by atoms with E-state index < -0.39 is 0 Å². The minimum absolute atomic E-state index is 0. The van der Waals surface area contributed by atoms with Crippen LogP contribution in [0.5, 0.6) is 0 Å². The van der Waals surface area contributed by atoms with Crippen molar-refractivity contribution in [2.45, 2.75) is 27.2 Å². The van der Waals surface area contributed by atoms with Crippen LogP contribution in [0.15, 0.2) is 29.3 Å². The predicted molar refractivity (Wildman–Crippen MR) is 133 cm³/mol. The van der Waals surface area contributed by atoms with Crippen molar-refractivity contribution in [3.8, 4) is 0 Å². The quantitative estimate of drug-likeness (QED) is 0.192. The molecule has 0 saturated heterocycles. The lowest BCUT2D eigenvalue weighted by molar-refractivity contribution is -0.127. The Balaban J connectivity index is 0.00000784. The molecule has 0 aliphatic rings. The van der Waals surface area contributed by atoms with E-state index in [1.807, 2.05) is 6.92 Å². The van der Waals surface area contributed by atoms with Gasteiger partial charge in [0.15, 0.2) is 5.96 Å². The van der Waals surface area contributed by atoms with Crippen molar-refractivity contribution in [3.63, 3.8) is 0 Å². The second-order valence-electron chi connectivity index (χ2n) is 6.78. The van der Waals surface area contributed by atoms with Crippen LogP contribution in [-0.2, 0) is 9.53 Å². The molecule has 0 radical (unpaired) electrons. The zero-order valence-electron chi connectivity index (χ0n) is 18.5. The average molecular weight is 519 g/mol. The molecular formula is C21H38IN5O2. The van der Waals surface area contributed by atoms with Gasteiger partial charge in [0.1, 0.15) is 6.54 Å². The molecule has 1 aromatic rings. The van der Waals surface area contributed by atoms with E-state index in [0.29, 0.717) is 12.6 Å². The maximum absolute atomic E-state index is 11.8. The number of nitrogens with zero attached hydrogens (tertiary/aromatic N) is 3. The average Bonchev–Trinajstić information content (AvgIpc) is 2.68. The van der Waals surface area contributed by atoms with Crippen molar-refractivity contribution in [1.82, 2.24) is 15.5 Å². The minimum Gasteiger partial charge on any atom is -0.382 e. The molecule has 2 N–H and O–H groups in total. The first-order chi connectivity index (χ1) is 13.5. The second kappa shape index (κ2) is 16.3. The van der Waals surface area contributed by atoms with Crippen LogP contribution in [0.25, 0.3) is 0 Å². The van der Waals surface area contributed by atoms with Gasteiger partial charge in [0.05, 0.1) is 0 Å². The van der Waals surface area contributed by atoms with Gasteiger partial charge in [-0.1, -0.05) is 12.1 Å². The van der Waals surface area contributed by atoms with Gasteiger partial charge < -0.3 is 25.2 Å². The van der Waals surface area contributed by atoms with E-state index >= 15 is 0 Å². The number of halogens is 1. The summed E-state index contributed by atoms with van der Waals surface area (Å²) in [5.41, 5.74) is 2.47. The first kappa shape index (κ1) is 27.5. The molecular weight excluding hydrogens is 481 g/mol. The molecule has 0 fully saturated rings. The third-order valence-corrected chi connectivity index (χ3v) is 4.26. The van der Waals surface area contributed by atoms with Crippen molar-refractivity contribution in [3.05, 3.63) is 29.8 Å². The highest BCUT2D eigenvalue weighted by Crippen LogP contribution is 2.14. The zero-order valence-corrected chi connectivity index (χ0v) is 20.9. The summed E-state index contributed by atoms with van der Waals surface area (Å²) in [4.78, 5) is 20.1. The number of aliphatic imine (C=N–C) groups is 1. The number of anilines is 1. The third-order valence-electron chi connectivity index (χ3n) is 4.26. The van der Waals surface area contributed by atoms with Crippen LogP contribution in [0.4, 0.5) is 5.69 Å². The zero-order chi connectivity index (χ0) is 20.8. The Morgan fingerprint density at radius 3 is 2.52 bits per heavy atom. The number of amides is 1. The smallest absolute Gasteiger partial charge is 0.243 e. The van der Waals surface area contributed by atoms with Crippen LogP contribution in [0.3, 0.4) is 0 Å². The highest BCUT2D eigenvalue weighted by molar-refractivity contribution is 14.0. The van der Waals surface area contributed by atoms with Gasteiger partial charge in [-0.25, -0.2) is 4.99 Å². The molecule has 0 aromatic heterocycles. The predicted octanol–water partition coefficient (Wildman–Crippen LogP) is 2.49. The van der Waals surface area contributed by atoms with Crippen molar-refractivity contribution < 1.29 is 9.53 Å². The van der Waals surface area contributed by atoms with Crippen LogP contribution < -0.4 is 15.5 Å². The number of ether oxygens (including phenoxy) is 1. The molecule has 0 spiro atoms. The monoisotopic (exact) mass is 519 g/mol. The lowest BCUT2D eigenvalue weighted by Gasteiger charge is -2.24. The Morgan fingerprint density at radius 2 is 1.90 bits per heavy atom. The molecule has 29 heavy (non-hydrogen) atoms. The number of likely N-dealkylation sites (N-methyl/N-ethyl adjacent to an activating group) is 2. The molecule has 7 nitrogen and oxygen atoms in total. The summed E-state index contributed by atoms with van der Waals surface area (Å²) in [5.74, 6) is 0.636. The van der Waals surface area contributed by atoms with Gasteiger partial charge in [-0.05, 0) is 44.9 Å². The lowest BCUT2D eigenvalue weighted by atomic mass is 10.2. The molecule has 8 heteroatoms. The topological polar surface area (TPSA) is 69.2 Å². The largest absolute Gasteiger partial charge is 0.382 e. The third kappa shape index (κ3) is 11.9. The van der Waals surface area contributed by atoms with Gasteiger partial charge in [-0.3, -0.25) is 4.79 Å². The summed E-state index contributed by atoms with van der Waals surface area (Å²) in [6.45, 7) is 11.1. The van der Waals surface area contributed by atoms with Crippen molar-refractivity contribution in [2.24, 2.45) is 4.99 Å². The molecule has 0 aliphatic carbocycles. The highest BCUT2D eigenvalue weighted by Gasteiger charge is 2.07. The fraction of sp³-hybridized carbons (Fsp3) is 0.619. The van der Waals surface area contributed by atoms with Gasteiger partial charge in [0.25, 0.3) is 0 Å². The Labute approximate surface area is 193 Å². The molecule has 0 unspecified atom stereocenters. The number of hydrogen-bond donors (Lipinski definition) is 2. The van der Waals surface area contributed by atoms with E-state index in [2.05, 4.69) is 58.6 Å². The normalized spacial score (nSPS) is 10.9. The number of nitrogens with one attached hydrogen (secondary N) is 2. The van der Waals surface area contributed by atoms with Crippen LogP contribution >= 0.6 is 24.0 Å². The lowest BCUT2D eigenvalue weighted by Crippen LogP contribution is -2.43. The summed E-state index contributed by atoms with van der Waals surface area (Å²) in [6, 6.07) is 8.52. The molecule has 0 aliphatic heterocycles. The summed E-state index contributed by atoms with van der Waals surface area (Å²) >= 11 is 0. The van der Waals surface area contributed by atoms with Gasteiger partial charge in [-0.15, -0.1) is 24.0 Å². The maximum atomic E-state index is 11.8. The van der Waals surface area contributed by atoms with Crippen LogP contribution in [0, 0.1) is 6.92 Å². The summed E-state index contributed by atoms with van der Waals surface area (Å²) in [6.07, 6.45) is 0.889. The van der Waals surface area contributed by atoms with E-state index in [0.717, 1.165) is 39.2 Å². The maximum Gasteiger partial charge on any atom is 0.243 e. The highest BCUT2D eigenvalue weighted by atomic mass is 127. The first-order valence-electron chi connectivity index (χ1n) is 10.1. The van der Waals surface area contributed by atoms with Crippen LogP contribution in [0.2, 0.25) is 0 Å². The number of guanidine groups is 1. The van der Waals surface area contributed by atoms with E-state index in [1.165, 1.54) is 11.3 Å². The number of aryl methyl sites for hydroxylation is 1. The SMILES string of the molecule is CCOCCCNC(=NCC(=O)N(C)C)NCCN(CC)c1cccc(C)c1.I. The number of carbonyl (C=O) groups excluding carboxylic acids is 1. The fourth-order valence-electron chi connectivity index (χ4n) is 2.59. The molecule has 1 rings (SSSR count). The Morgan fingerprint density at radius 1 is 1.17 bits per heavy atom.